The summed E-state index contributed by atoms with van der Waals surface area (Å²) in [4.78, 5) is 28.4. The van der Waals surface area contributed by atoms with Crippen LogP contribution in [0.25, 0.3) is 0 Å². The van der Waals surface area contributed by atoms with Crippen molar-refractivity contribution in [2.45, 2.75) is 4.90 Å². The second kappa shape index (κ2) is 8.35. The third-order valence-electron chi connectivity index (χ3n) is 5.21. The minimum Gasteiger partial charge on any atom is -0.323 e. The fourth-order valence-electron chi connectivity index (χ4n) is 3.62. The van der Waals surface area contributed by atoms with Crippen LogP contribution >= 0.6 is 11.6 Å². The van der Waals surface area contributed by atoms with Crippen molar-refractivity contribution in [1.29, 1.82) is 0 Å². The third kappa shape index (κ3) is 4.20. The summed E-state index contributed by atoms with van der Waals surface area (Å²) in [5.74, 6) is -0.424. The molecule has 2 heterocycles. The maximum Gasteiger partial charge on any atom is 0.244 e. The van der Waals surface area contributed by atoms with Crippen LogP contribution in [-0.4, -0.2) is 68.7 Å². The van der Waals surface area contributed by atoms with Gasteiger partial charge in [-0.1, -0.05) is 23.7 Å². The minimum atomic E-state index is -3.60. The zero-order valence-corrected chi connectivity index (χ0v) is 17.7. The number of piperazine rings is 1. The Hall–Kier alpha value is -2.46. The number of hydrogen-bond donors (Lipinski definition) is 1. The topological polar surface area (TPSA) is 90.0 Å². The van der Waals surface area contributed by atoms with Gasteiger partial charge in [-0.05, 0) is 36.4 Å². The number of carbonyl (C=O) groups excluding carboxylic acids is 2. The first kappa shape index (κ1) is 20.8. The van der Waals surface area contributed by atoms with Crippen LogP contribution in [0.2, 0.25) is 5.02 Å². The molecule has 4 rings (SSSR count). The number of fused-ring (bicyclic) bond motifs is 1. The molecule has 2 aliphatic rings. The Kier molecular flexibility index (Phi) is 5.79. The highest BCUT2D eigenvalue weighted by Crippen LogP contribution is 2.29. The summed E-state index contributed by atoms with van der Waals surface area (Å²) in [5, 5.41) is 3.24. The van der Waals surface area contributed by atoms with Gasteiger partial charge in [-0.15, -0.1) is 0 Å². The normalized spacial score (nSPS) is 18.0. The smallest absolute Gasteiger partial charge is 0.244 e. The Labute approximate surface area is 180 Å². The molecule has 1 saturated heterocycles. The predicted molar refractivity (Wildman–Crippen MR) is 114 cm³/mol. The summed E-state index contributed by atoms with van der Waals surface area (Å²) in [5.41, 5.74) is 1.28. The predicted octanol–water partition coefficient (Wildman–Crippen LogP) is 1.63. The molecule has 0 radical (unpaired) electrons. The van der Waals surface area contributed by atoms with Crippen molar-refractivity contribution in [2.24, 2.45) is 0 Å². The molecule has 0 bridgehead atoms. The van der Waals surface area contributed by atoms with E-state index < -0.39 is 10.0 Å². The van der Waals surface area contributed by atoms with Crippen molar-refractivity contribution < 1.29 is 18.0 Å². The van der Waals surface area contributed by atoms with E-state index in [1.807, 2.05) is 11.0 Å². The van der Waals surface area contributed by atoms with E-state index in [-0.39, 0.29) is 42.9 Å². The zero-order chi connectivity index (χ0) is 21.3. The number of nitrogens with zero attached hydrogens (tertiary/aromatic N) is 3. The van der Waals surface area contributed by atoms with Crippen LogP contribution in [0.4, 0.5) is 11.4 Å². The lowest BCUT2D eigenvalue weighted by Crippen LogP contribution is -2.52. The Morgan fingerprint density at radius 2 is 1.67 bits per heavy atom. The second-order valence-electron chi connectivity index (χ2n) is 7.18. The highest BCUT2D eigenvalue weighted by Gasteiger charge is 2.31. The first-order chi connectivity index (χ1) is 14.3. The molecular weight excluding hydrogens is 428 g/mol. The Morgan fingerprint density at radius 1 is 1.00 bits per heavy atom. The number of nitrogens with one attached hydrogen (secondary N) is 1. The average Bonchev–Trinajstić information content (AvgIpc) is 2.73. The molecule has 2 aromatic rings. The van der Waals surface area contributed by atoms with Crippen LogP contribution in [0.3, 0.4) is 0 Å². The fraction of sp³-hybridized carbons (Fsp3) is 0.300. The third-order valence-corrected chi connectivity index (χ3v) is 7.38. The fourth-order valence-corrected chi connectivity index (χ4v) is 5.16. The minimum absolute atomic E-state index is 0.0270. The number of rotatable bonds is 4. The lowest BCUT2D eigenvalue weighted by Gasteiger charge is -2.35. The molecule has 1 fully saturated rings. The highest BCUT2D eigenvalue weighted by atomic mass is 35.5. The van der Waals surface area contributed by atoms with Crippen molar-refractivity contribution in [1.82, 2.24) is 9.21 Å². The summed E-state index contributed by atoms with van der Waals surface area (Å²) in [6.07, 6.45) is 0. The monoisotopic (exact) mass is 448 g/mol. The van der Waals surface area contributed by atoms with Gasteiger partial charge >= 0.3 is 0 Å². The Bertz CT molecular complexity index is 1070. The van der Waals surface area contributed by atoms with Gasteiger partial charge in [0.1, 0.15) is 6.54 Å². The first-order valence-corrected chi connectivity index (χ1v) is 11.3. The van der Waals surface area contributed by atoms with Crippen LogP contribution in [-0.2, 0) is 19.6 Å². The van der Waals surface area contributed by atoms with Crippen molar-refractivity contribution >= 4 is 44.8 Å². The maximum atomic E-state index is 12.9. The number of amides is 2. The zero-order valence-electron chi connectivity index (χ0n) is 16.1. The summed E-state index contributed by atoms with van der Waals surface area (Å²) in [6, 6.07) is 13.3. The molecular formula is C20H21ClN4O4S. The van der Waals surface area contributed by atoms with E-state index in [1.165, 1.54) is 21.3 Å². The van der Waals surface area contributed by atoms with E-state index in [0.29, 0.717) is 29.5 Å². The molecule has 8 nitrogen and oxygen atoms in total. The van der Waals surface area contributed by atoms with Gasteiger partial charge < -0.3 is 5.32 Å². The van der Waals surface area contributed by atoms with Gasteiger partial charge in [-0.3, -0.25) is 19.4 Å². The largest absolute Gasteiger partial charge is 0.323 e. The molecule has 0 spiro atoms. The number of sulfonamides is 1. The number of hydrogen-bond acceptors (Lipinski definition) is 5. The van der Waals surface area contributed by atoms with Crippen molar-refractivity contribution in [3.05, 3.63) is 53.6 Å². The molecule has 2 aliphatic heterocycles. The van der Waals surface area contributed by atoms with Gasteiger partial charge in [-0.25, -0.2) is 8.42 Å². The highest BCUT2D eigenvalue weighted by molar-refractivity contribution is 7.89. The van der Waals surface area contributed by atoms with Crippen molar-refractivity contribution in [3.8, 4) is 0 Å². The average molecular weight is 449 g/mol. The second-order valence-corrected chi connectivity index (χ2v) is 9.55. The van der Waals surface area contributed by atoms with Crippen LogP contribution in [0.1, 0.15) is 0 Å². The molecule has 2 aromatic carbocycles. The van der Waals surface area contributed by atoms with Crippen LogP contribution < -0.4 is 10.2 Å². The molecule has 2 amide bonds. The molecule has 0 saturated carbocycles. The molecule has 10 heteroatoms. The van der Waals surface area contributed by atoms with Gasteiger partial charge in [-0.2, -0.15) is 4.31 Å². The van der Waals surface area contributed by atoms with E-state index in [4.69, 9.17) is 11.6 Å². The standard InChI is InChI=1S/C20H21ClN4O4S/c21-15-5-7-16(8-6-15)30(28,29)24-11-9-23(10-12-24)14-20(27)25-13-19(26)22-17-3-1-2-4-18(17)25/h1-8H,9-14H2,(H,22,26). The Balaban J connectivity index is 1.39. The van der Waals surface area contributed by atoms with Gasteiger partial charge in [0.25, 0.3) is 0 Å². The lowest BCUT2D eigenvalue weighted by atomic mass is 10.2. The number of halogens is 1. The Morgan fingerprint density at radius 3 is 2.37 bits per heavy atom. The number of para-hydroxylation sites is 2. The molecule has 0 atom stereocenters. The van der Waals surface area contributed by atoms with E-state index in [2.05, 4.69) is 5.32 Å². The maximum absolute atomic E-state index is 12.9. The molecule has 0 aromatic heterocycles. The van der Waals surface area contributed by atoms with Gasteiger partial charge in [0.15, 0.2) is 0 Å². The number of carbonyl (C=O) groups is 2. The molecule has 0 aliphatic carbocycles. The first-order valence-electron chi connectivity index (χ1n) is 9.52. The summed E-state index contributed by atoms with van der Waals surface area (Å²) in [7, 11) is -3.60. The molecule has 0 unspecified atom stereocenters. The van der Waals surface area contributed by atoms with Crippen molar-refractivity contribution in [3.63, 3.8) is 0 Å². The summed E-state index contributed by atoms with van der Waals surface area (Å²) < 4.78 is 27.0. The van der Waals surface area contributed by atoms with Crippen LogP contribution in [0, 0.1) is 0 Å². The molecule has 1 N–H and O–H groups in total. The summed E-state index contributed by atoms with van der Waals surface area (Å²) >= 11 is 5.84. The molecule has 158 valence electrons. The summed E-state index contributed by atoms with van der Waals surface area (Å²) in [6.45, 7) is 1.53. The number of benzene rings is 2. The van der Waals surface area contributed by atoms with Gasteiger partial charge in [0, 0.05) is 31.2 Å². The molecule has 30 heavy (non-hydrogen) atoms. The lowest BCUT2D eigenvalue weighted by molar-refractivity contribution is -0.122. The van der Waals surface area contributed by atoms with E-state index >= 15 is 0 Å². The quantitative estimate of drug-likeness (QED) is 0.767. The van der Waals surface area contributed by atoms with Crippen LogP contribution in [0.5, 0.6) is 0 Å². The van der Waals surface area contributed by atoms with E-state index in [1.54, 1.807) is 30.3 Å². The van der Waals surface area contributed by atoms with Gasteiger partial charge in [0.2, 0.25) is 21.8 Å². The van der Waals surface area contributed by atoms with Gasteiger partial charge in [0.05, 0.1) is 22.8 Å². The van der Waals surface area contributed by atoms with E-state index in [9.17, 15) is 18.0 Å². The van der Waals surface area contributed by atoms with E-state index in [0.717, 1.165) is 0 Å². The van der Waals surface area contributed by atoms with Crippen LogP contribution in [0.15, 0.2) is 53.4 Å². The number of anilines is 2. The van der Waals surface area contributed by atoms with Crippen molar-refractivity contribution in [2.75, 3.05) is 49.5 Å². The SMILES string of the molecule is O=C1CN(C(=O)CN2CCN(S(=O)(=O)c3ccc(Cl)cc3)CC2)c2ccccc2N1.